The SMILES string of the molecule is CO[S+]1CCC(Oc2cc(N3CCN(CCn4c(=O)sc5c4nc(N)n4nc(-c6ccco6)nc54)CC3)c(F)cc2F)CC1. The van der Waals surface area contributed by atoms with Gasteiger partial charge in [-0.05, 0) is 12.1 Å². The van der Waals surface area contributed by atoms with Crippen LogP contribution in [0.1, 0.15) is 12.8 Å². The van der Waals surface area contributed by atoms with Crippen molar-refractivity contribution in [3.8, 4) is 17.3 Å². The van der Waals surface area contributed by atoms with Crippen molar-refractivity contribution >= 4 is 50.1 Å². The fourth-order valence-corrected chi connectivity index (χ4v) is 8.20. The maximum atomic E-state index is 14.9. The first-order chi connectivity index (χ1) is 21.4. The number of hydrogen-bond acceptors (Lipinski definition) is 11. The number of nitrogens with two attached hydrogens (primary N) is 1. The van der Waals surface area contributed by atoms with Crippen molar-refractivity contribution in [1.82, 2.24) is 29.0 Å². The summed E-state index contributed by atoms with van der Waals surface area (Å²) in [5.41, 5.74) is 7.43. The maximum absolute atomic E-state index is 14.9. The van der Waals surface area contributed by atoms with Gasteiger partial charge in [-0.2, -0.15) is 13.7 Å². The first-order valence-corrected chi connectivity index (χ1v) is 16.6. The normalized spacial score (nSPS) is 19.8. The summed E-state index contributed by atoms with van der Waals surface area (Å²) in [6.45, 7) is 3.35. The van der Waals surface area contributed by atoms with Crippen molar-refractivity contribution < 1.29 is 22.1 Å². The molecule has 2 N–H and O–H groups in total. The summed E-state index contributed by atoms with van der Waals surface area (Å²) in [6.07, 6.45) is 2.98. The molecule has 4 aromatic heterocycles. The van der Waals surface area contributed by atoms with Gasteiger partial charge in [0.25, 0.3) is 0 Å². The largest absolute Gasteiger partial charge is 0.487 e. The molecule has 12 nitrogen and oxygen atoms in total. The van der Waals surface area contributed by atoms with Gasteiger partial charge in [0.1, 0.15) is 39.3 Å². The summed E-state index contributed by atoms with van der Waals surface area (Å²) >= 11 is 0.982. The molecule has 0 saturated carbocycles. The minimum atomic E-state index is -0.690. The molecule has 0 bridgehead atoms. The number of nitrogen functional groups attached to an aromatic ring is 1. The minimum absolute atomic E-state index is 0.0661. The summed E-state index contributed by atoms with van der Waals surface area (Å²) in [7, 11) is 1.71. The van der Waals surface area contributed by atoms with Crippen LogP contribution >= 0.6 is 11.3 Å². The Balaban J connectivity index is 1.02. The molecule has 1 aromatic carbocycles. The highest BCUT2D eigenvalue weighted by Gasteiger charge is 2.31. The molecule has 0 aliphatic carbocycles. The average molecular weight is 646 g/mol. The van der Waals surface area contributed by atoms with Gasteiger partial charge in [-0.3, -0.25) is 14.3 Å². The zero-order valence-electron chi connectivity index (χ0n) is 23.9. The van der Waals surface area contributed by atoms with Crippen LogP contribution in [0.25, 0.3) is 27.6 Å². The van der Waals surface area contributed by atoms with E-state index in [9.17, 15) is 13.6 Å². The molecular weight excluding hydrogens is 614 g/mol. The molecule has 2 aliphatic rings. The average Bonchev–Trinajstić information content (AvgIpc) is 3.78. The van der Waals surface area contributed by atoms with Gasteiger partial charge < -0.3 is 19.8 Å². The van der Waals surface area contributed by atoms with Crippen LogP contribution in [0.2, 0.25) is 0 Å². The lowest BCUT2D eigenvalue weighted by Crippen LogP contribution is -2.47. The Morgan fingerprint density at radius 2 is 1.89 bits per heavy atom. The van der Waals surface area contributed by atoms with E-state index in [1.165, 1.54) is 16.8 Å². The van der Waals surface area contributed by atoms with Crippen LogP contribution in [0.3, 0.4) is 0 Å². The monoisotopic (exact) mass is 645 g/mol. The van der Waals surface area contributed by atoms with Gasteiger partial charge >= 0.3 is 4.87 Å². The van der Waals surface area contributed by atoms with Gasteiger partial charge in [-0.25, -0.2) is 13.8 Å². The number of aromatic nitrogens is 5. The number of hydrogen-bond donors (Lipinski definition) is 1. The van der Waals surface area contributed by atoms with Gasteiger partial charge in [0.15, 0.2) is 28.6 Å². The molecule has 0 spiro atoms. The third-order valence-corrected chi connectivity index (χ3v) is 10.9. The van der Waals surface area contributed by atoms with Gasteiger partial charge in [0.05, 0.1) is 19.1 Å². The highest BCUT2D eigenvalue weighted by Crippen LogP contribution is 2.31. The number of benzene rings is 1. The molecular formula is C28H31F2N8O4S2+. The second-order valence-electron chi connectivity index (χ2n) is 10.7. The Labute approximate surface area is 257 Å². The first-order valence-electron chi connectivity index (χ1n) is 14.3. The standard InChI is InChI=1S/C28H31F2N8O4S2/c1-40-44-13-4-17(5-14-44)42-22-16-20(18(29)15-19(22)30)36-9-6-35(7-10-36)8-11-37-25-23(43-28(37)39)26-32-24(21-3-2-12-41-21)34-38(26)27(31)33-25/h2-3,12,15-17H,4-11,13-14H2,1H3,(H2,31,33)/q+1. The van der Waals surface area contributed by atoms with Crippen molar-refractivity contribution in [1.29, 1.82) is 0 Å². The number of anilines is 2. The van der Waals surface area contributed by atoms with E-state index in [2.05, 4.69) is 20.0 Å². The molecule has 44 heavy (non-hydrogen) atoms. The number of halogens is 2. The molecule has 2 saturated heterocycles. The fraction of sp³-hybridized carbons (Fsp3) is 0.429. The number of furan rings is 1. The lowest BCUT2D eigenvalue weighted by Gasteiger charge is -2.36. The van der Waals surface area contributed by atoms with Crippen molar-refractivity contribution in [2.75, 3.05) is 62.0 Å². The molecule has 6 heterocycles. The number of thiazole rings is 1. The zero-order chi connectivity index (χ0) is 30.4. The maximum Gasteiger partial charge on any atom is 0.309 e. The highest BCUT2D eigenvalue weighted by atomic mass is 32.2. The third-order valence-electron chi connectivity index (χ3n) is 8.08. The van der Waals surface area contributed by atoms with Crippen LogP contribution in [0.5, 0.6) is 5.75 Å². The predicted octanol–water partition coefficient (Wildman–Crippen LogP) is 3.16. The number of rotatable bonds is 8. The van der Waals surface area contributed by atoms with Crippen LogP contribution in [0, 0.1) is 11.6 Å². The Morgan fingerprint density at radius 1 is 1.09 bits per heavy atom. The number of ether oxygens (including phenoxy) is 1. The quantitative estimate of drug-likeness (QED) is 0.251. The van der Waals surface area contributed by atoms with Crippen LogP contribution in [0.4, 0.5) is 20.4 Å². The van der Waals surface area contributed by atoms with Crippen molar-refractivity contribution in [2.45, 2.75) is 25.5 Å². The first kappa shape index (κ1) is 29.0. The van der Waals surface area contributed by atoms with E-state index in [0.717, 1.165) is 41.8 Å². The van der Waals surface area contributed by atoms with Crippen LogP contribution < -0.4 is 20.2 Å². The Morgan fingerprint density at radius 3 is 2.61 bits per heavy atom. The van der Waals surface area contributed by atoms with E-state index in [1.807, 2.05) is 4.90 Å². The van der Waals surface area contributed by atoms with E-state index in [-0.39, 0.29) is 33.9 Å². The van der Waals surface area contributed by atoms with E-state index >= 15 is 0 Å². The van der Waals surface area contributed by atoms with Crippen LogP contribution in [-0.4, -0.2) is 86.5 Å². The van der Waals surface area contributed by atoms with Crippen LogP contribution in [0.15, 0.2) is 39.7 Å². The van der Waals surface area contributed by atoms with Crippen molar-refractivity contribution in [3.05, 3.63) is 51.8 Å². The summed E-state index contributed by atoms with van der Waals surface area (Å²) < 4.78 is 50.0. The lowest BCUT2D eigenvalue weighted by atomic mass is 10.2. The molecule has 232 valence electrons. The highest BCUT2D eigenvalue weighted by molar-refractivity contribution is 7.92. The smallest absolute Gasteiger partial charge is 0.309 e. The molecule has 0 amide bonds. The molecule has 5 aromatic rings. The van der Waals surface area contributed by atoms with E-state index in [0.29, 0.717) is 72.5 Å². The summed E-state index contributed by atoms with van der Waals surface area (Å²) in [6, 6.07) is 5.89. The molecule has 2 aliphatic heterocycles. The Bertz CT molecular complexity index is 1840. The van der Waals surface area contributed by atoms with Gasteiger partial charge in [-0.15, -0.1) is 5.10 Å². The summed E-state index contributed by atoms with van der Waals surface area (Å²) in [4.78, 5) is 26.0. The molecule has 16 heteroatoms. The second kappa shape index (κ2) is 12.0. The van der Waals surface area contributed by atoms with E-state index < -0.39 is 11.6 Å². The van der Waals surface area contributed by atoms with Gasteiger partial charge in [0.2, 0.25) is 11.8 Å². The third kappa shape index (κ3) is 5.50. The number of piperazine rings is 1. The number of nitrogens with zero attached hydrogens (tertiary/aromatic N) is 7. The Kier molecular flexibility index (Phi) is 7.90. The summed E-state index contributed by atoms with van der Waals surface area (Å²) in [5, 5.41) is 4.39. The second-order valence-corrected chi connectivity index (χ2v) is 13.7. The molecule has 0 atom stereocenters. The van der Waals surface area contributed by atoms with Crippen molar-refractivity contribution in [3.63, 3.8) is 0 Å². The van der Waals surface area contributed by atoms with Crippen molar-refractivity contribution in [2.24, 2.45) is 0 Å². The lowest BCUT2D eigenvalue weighted by molar-refractivity contribution is 0.180. The van der Waals surface area contributed by atoms with Gasteiger partial charge in [0, 0.05) is 64.2 Å². The molecule has 0 unspecified atom stereocenters. The number of fused-ring (bicyclic) bond motifs is 3. The van der Waals surface area contributed by atoms with E-state index in [1.54, 1.807) is 23.8 Å². The zero-order valence-corrected chi connectivity index (χ0v) is 25.6. The molecule has 0 radical (unpaired) electrons. The summed E-state index contributed by atoms with van der Waals surface area (Å²) in [5.74, 6) is 1.51. The van der Waals surface area contributed by atoms with Gasteiger partial charge in [-0.1, -0.05) is 11.3 Å². The minimum Gasteiger partial charge on any atom is -0.487 e. The molecule has 7 rings (SSSR count). The van der Waals surface area contributed by atoms with E-state index in [4.69, 9.17) is 19.1 Å². The van der Waals surface area contributed by atoms with Crippen LogP contribution in [-0.2, 0) is 21.9 Å². The molecule has 2 fully saturated rings. The topological polar surface area (TPSA) is 129 Å². The predicted molar refractivity (Wildman–Crippen MR) is 165 cm³/mol. The Hall–Kier alpha value is -3.73. The fourth-order valence-electron chi connectivity index (χ4n) is 5.68.